The van der Waals surface area contributed by atoms with E-state index < -0.39 is 0 Å². The van der Waals surface area contributed by atoms with Crippen LogP contribution in [-0.4, -0.2) is 31.2 Å². The number of piperidine rings is 1. The molecule has 3 nitrogen and oxygen atoms in total. The molecule has 1 unspecified atom stereocenters. The molecule has 0 bridgehead atoms. The summed E-state index contributed by atoms with van der Waals surface area (Å²) in [6, 6.07) is 4.67. The van der Waals surface area contributed by atoms with Gasteiger partial charge in [0.15, 0.2) is 0 Å². The van der Waals surface area contributed by atoms with E-state index in [9.17, 15) is 0 Å². The van der Waals surface area contributed by atoms with E-state index in [-0.39, 0.29) is 12.4 Å². The molecule has 1 N–H and O–H groups in total. The Bertz CT molecular complexity index is 312. The predicted molar refractivity (Wildman–Crippen MR) is 73.5 cm³/mol. The maximum absolute atomic E-state index is 4.40. The van der Waals surface area contributed by atoms with Gasteiger partial charge in [0, 0.05) is 30.3 Å². The maximum atomic E-state index is 4.40. The van der Waals surface area contributed by atoms with Crippen LogP contribution in [-0.2, 0) is 0 Å². The van der Waals surface area contributed by atoms with Crippen molar-refractivity contribution in [3.8, 4) is 0 Å². The topological polar surface area (TPSA) is 28.2 Å². The summed E-state index contributed by atoms with van der Waals surface area (Å²) in [4.78, 5) is 6.67. The van der Waals surface area contributed by atoms with Crippen LogP contribution >= 0.6 is 28.3 Å². The standard InChI is InChI=1S/C11H16BrN3.ClH/c1-15(10-3-2-6-13-8-10)11-5-4-9(12)7-14-11;/h4-5,7,10,13H,2-3,6,8H2,1H3;1H. The summed E-state index contributed by atoms with van der Waals surface area (Å²) in [5, 5.41) is 3.42. The Kier molecular flexibility index (Phi) is 5.52. The van der Waals surface area contributed by atoms with Gasteiger partial charge in [0.1, 0.15) is 5.82 Å². The molecule has 90 valence electrons. The summed E-state index contributed by atoms with van der Waals surface area (Å²) in [6.45, 7) is 2.21. The van der Waals surface area contributed by atoms with Gasteiger partial charge >= 0.3 is 0 Å². The lowest BCUT2D eigenvalue weighted by Crippen LogP contribution is -2.44. The lowest BCUT2D eigenvalue weighted by atomic mass is 10.1. The highest BCUT2D eigenvalue weighted by Crippen LogP contribution is 2.18. The van der Waals surface area contributed by atoms with Gasteiger partial charge < -0.3 is 10.2 Å². The molecule has 0 amide bonds. The molecule has 1 fully saturated rings. The van der Waals surface area contributed by atoms with Gasteiger partial charge in [-0.25, -0.2) is 4.98 Å². The molecule has 2 rings (SSSR count). The molecule has 1 aromatic rings. The van der Waals surface area contributed by atoms with Gasteiger partial charge in [-0.1, -0.05) is 0 Å². The molecule has 1 aliphatic rings. The van der Waals surface area contributed by atoms with Crippen LogP contribution in [0.25, 0.3) is 0 Å². The van der Waals surface area contributed by atoms with E-state index in [1.807, 2.05) is 12.3 Å². The highest BCUT2D eigenvalue weighted by atomic mass is 79.9. The van der Waals surface area contributed by atoms with E-state index >= 15 is 0 Å². The minimum atomic E-state index is 0. The zero-order valence-corrected chi connectivity index (χ0v) is 11.7. The van der Waals surface area contributed by atoms with Crippen LogP contribution in [0.4, 0.5) is 5.82 Å². The number of likely N-dealkylation sites (N-methyl/N-ethyl adjacent to an activating group) is 1. The van der Waals surface area contributed by atoms with Crippen molar-refractivity contribution in [3.63, 3.8) is 0 Å². The summed E-state index contributed by atoms with van der Waals surface area (Å²) in [5.74, 6) is 1.05. The molecular weight excluding hydrogens is 289 g/mol. The van der Waals surface area contributed by atoms with E-state index in [1.54, 1.807) is 0 Å². The highest BCUT2D eigenvalue weighted by molar-refractivity contribution is 9.10. The third-order valence-corrected chi connectivity index (χ3v) is 3.36. The number of hydrogen-bond donors (Lipinski definition) is 1. The summed E-state index contributed by atoms with van der Waals surface area (Å²) < 4.78 is 1.03. The van der Waals surface area contributed by atoms with Crippen LogP contribution in [0.3, 0.4) is 0 Å². The Hall–Kier alpha value is -0.320. The Labute approximate surface area is 111 Å². The number of aromatic nitrogens is 1. The van der Waals surface area contributed by atoms with Crippen molar-refractivity contribution >= 4 is 34.2 Å². The second kappa shape index (κ2) is 6.42. The van der Waals surface area contributed by atoms with Crippen molar-refractivity contribution in [1.29, 1.82) is 0 Å². The molecule has 1 saturated heterocycles. The minimum absolute atomic E-state index is 0. The number of anilines is 1. The van der Waals surface area contributed by atoms with Crippen LogP contribution in [0.2, 0.25) is 0 Å². The molecule has 2 heterocycles. The predicted octanol–water partition coefficient (Wildman–Crippen LogP) is 2.45. The lowest BCUT2D eigenvalue weighted by Gasteiger charge is -2.32. The SMILES string of the molecule is CN(c1ccc(Br)cn1)C1CCCNC1.Cl. The zero-order valence-electron chi connectivity index (χ0n) is 9.32. The smallest absolute Gasteiger partial charge is 0.128 e. The maximum Gasteiger partial charge on any atom is 0.128 e. The third kappa shape index (κ3) is 3.34. The number of rotatable bonds is 2. The molecular formula is C11H17BrClN3. The van der Waals surface area contributed by atoms with Gasteiger partial charge in [-0.2, -0.15) is 0 Å². The van der Waals surface area contributed by atoms with E-state index in [1.165, 1.54) is 12.8 Å². The molecule has 1 aliphatic heterocycles. The number of nitrogens with one attached hydrogen (secondary N) is 1. The van der Waals surface area contributed by atoms with Gasteiger partial charge in [0.05, 0.1) is 0 Å². The summed E-state index contributed by atoms with van der Waals surface area (Å²) in [6.07, 6.45) is 4.36. The fourth-order valence-electron chi connectivity index (χ4n) is 1.93. The molecule has 0 aliphatic carbocycles. The van der Waals surface area contributed by atoms with Crippen LogP contribution < -0.4 is 10.2 Å². The largest absolute Gasteiger partial charge is 0.355 e. The van der Waals surface area contributed by atoms with E-state index in [0.717, 1.165) is 23.4 Å². The summed E-state index contributed by atoms with van der Waals surface area (Å²) >= 11 is 3.40. The molecule has 1 atom stereocenters. The van der Waals surface area contributed by atoms with Crippen molar-refractivity contribution in [1.82, 2.24) is 10.3 Å². The lowest BCUT2D eigenvalue weighted by molar-refractivity contribution is 0.443. The van der Waals surface area contributed by atoms with Gasteiger partial charge in [-0.3, -0.25) is 0 Å². The first-order valence-electron chi connectivity index (χ1n) is 5.32. The van der Waals surface area contributed by atoms with Crippen molar-refractivity contribution < 1.29 is 0 Å². The first kappa shape index (κ1) is 13.7. The Morgan fingerprint density at radius 2 is 2.31 bits per heavy atom. The molecule has 16 heavy (non-hydrogen) atoms. The monoisotopic (exact) mass is 305 g/mol. The minimum Gasteiger partial charge on any atom is -0.355 e. The second-order valence-electron chi connectivity index (χ2n) is 3.95. The van der Waals surface area contributed by atoms with Crippen molar-refractivity contribution in [2.24, 2.45) is 0 Å². The molecule has 0 radical (unpaired) electrons. The van der Waals surface area contributed by atoms with E-state index in [0.29, 0.717) is 6.04 Å². The molecule has 1 aromatic heterocycles. The second-order valence-corrected chi connectivity index (χ2v) is 4.86. The average Bonchev–Trinajstić information content (AvgIpc) is 2.30. The quantitative estimate of drug-likeness (QED) is 0.910. The fourth-order valence-corrected chi connectivity index (χ4v) is 2.16. The summed E-state index contributed by atoms with van der Waals surface area (Å²) in [7, 11) is 2.12. The number of nitrogens with zero attached hydrogens (tertiary/aromatic N) is 2. The van der Waals surface area contributed by atoms with Crippen molar-refractivity contribution in [3.05, 3.63) is 22.8 Å². The third-order valence-electron chi connectivity index (χ3n) is 2.89. The molecule has 5 heteroatoms. The zero-order chi connectivity index (χ0) is 10.7. The van der Waals surface area contributed by atoms with Crippen LogP contribution in [0.15, 0.2) is 22.8 Å². The van der Waals surface area contributed by atoms with Crippen molar-refractivity contribution in [2.45, 2.75) is 18.9 Å². The molecule has 0 spiro atoms. The van der Waals surface area contributed by atoms with E-state index in [4.69, 9.17) is 0 Å². The fraction of sp³-hybridized carbons (Fsp3) is 0.545. The van der Waals surface area contributed by atoms with E-state index in [2.05, 4.69) is 44.2 Å². The first-order valence-corrected chi connectivity index (χ1v) is 6.12. The Morgan fingerprint density at radius 1 is 1.50 bits per heavy atom. The van der Waals surface area contributed by atoms with Crippen LogP contribution in [0, 0.1) is 0 Å². The average molecular weight is 307 g/mol. The first-order chi connectivity index (χ1) is 7.27. The molecule has 0 saturated carbocycles. The normalized spacial score (nSPS) is 20.0. The Balaban J connectivity index is 0.00000128. The van der Waals surface area contributed by atoms with Crippen LogP contribution in [0.1, 0.15) is 12.8 Å². The highest BCUT2D eigenvalue weighted by Gasteiger charge is 2.18. The van der Waals surface area contributed by atoms with Gasteiger partial charge in [0.25, 0.3) is 0 Å². The summed E-state index contributed by atoms with van der Waals surface area (Å²) in [5.41, 5.74) is 0. The van der Waals surface area contributed by atoms with Crippen LogP contribution in [0.5, 0.6) is 0 Å². The number of hydrogen-bond acceptors (Lipinski definition) is 3. The number of pyridine rings is 1. The van der Waals surface area contributed by atoms with Gasteiger partial charge in [-0.05, 0) is 47.4 Å². The number of halogens is 2. The van der Waals surface area contributed by atoms with Gasteiger partial charge in [-0.15, -0.1) is 12.4 Å². The van der Waals surface area contributed by atoms with Gasteiger partial charge in [0.2, 0.25) is 0 Å². The molecule has 0 aromatic carbocycles. The van der Waals surface area contributed by atoms with Crippen molar-refractivity contribution in [2.75, 3.05) is 25.0 Å². The Morgan fingerprint density at radius 3 is 2.88 bits per heavy atom.